The van der Waals surface area contributed by atoms with Crippen LogP contribution in [-0.2, 0) is 0 Å². The van der Waals surface area contributed by atoms with Gasteiger partial charge in [0.25, 0.3) is 11.8 Å². The molecule has 2 aromatic heterocycles. The second-order valence-electron chi connectivity index (χ2n) is 5.08. The largest absolute Gasteiger partial charge is 0.459 e. The average molecular weight is 325 g/mol. The lowest BCUT2D eigenvalue weighted by Gasteiger charge is -2.08. The van der Waals surface area contributed by atoms with Crippen molar-refractivity contribution in [1.29, 1.82) is 0 Å². The molecular weight excluding hydrogens is 310 g/mol. The van der Waals surface area contributed by atoms with Gasteiger partial charge in [0.15, 0.2) is 5.76 Å². The molecule has 0 saturated carbocycles. The first-order valence-corrected chi connectivity index (χ1v) is 7.37. The van der Waals surface area contributed by atoms with Gasteiger partial charge < -0.3 is 20.0 Å². The fourth-order valence-electron chi connectivity index (χ4n) is 2.33. The summed E-state index contributed by atoms with van der Waals surface area (Å²) in [6, 6.07) is 11.5. The summed E-state index contributed by atoms with van der Waals surface area (Å²) in [6.45, 7) is 0.471. The smallest absolute Gasteiger partial charge is 0.287 e. The van der Waals surface area contributed by atoms with Gasteiger partial charge in [-0.2, -0.15) is 0 Å². The Morgan fingerprint density at radius 2 is 1.75 bits per heavy atom. The van der Waals surface area contributed by atoms with Crippen LogP contribution in [0.2, 0.25) is 0 Å². The van der Waals surface area contributed by atoms with Crippen LogP contribution < -0.4 is 16.2 Å². The van der Waals surface area contributed by atoms with Gasteiger partial charge in [0.1, 0.15) is 0 Å². The third-order valence-electron chi connectivity index (χ3n) is 3.44. The Labute approximate surface area is 136 Å². The van der Waals surface area contributed by atoms with Crippen molar-refractivity contribution >= 4 is 22.7 Å². The van der Waals surface area contributed by atoms with E-state index in [0.717, 1.165) is 0 Å². The summed E-state index contributed by atoms with van der Waals surface area (Å²) < 4.78 is 4.97. The summed E-state index contributed by atoms with van der Waals surface area (Å²) >= 11 is 0. The van der Waals surface area contributed by atoms with E-state index in [1.807, 2.05) is 0 Å². The highest BCUT2D eigenvalue weighted by Gasteiger charge is 2.12. The third kappa shape index (κ3) is 3.35. The van der Waals surface area contributed by atoms with E-state index in [4.69, 9.17) is 4.42 Å². The minimum Gasteiger partial charge on any atom is -0.459 e. The molecule has 0 aliphatic heterocycles. The number of hydrogen-bond donors (Lipinski definition) is 3. The number of hydrogen-bond acceptors (Lipinski definition) is 4. The summed E-state index contributed by atoms with van der Waals surface area (Å²) in [5.41, 5.74) is 0.554. The van der Waals surface area contributed by atoms with Crippen LogP contribution in [-0.4, -0.2) is 29.9 Å². The van der Waals surface area contributed by atoms with E-state index in [0.29, 0.717) is 16.5 Å². The molecule has 7 nitrogen and oxygen atoms in total. The minimum atomic E-state index is -0.371. The summed E-state index contributed by atoms with van der Waals surface area (Å²) in [5, 5.41) is 5.97. The predicted octanol–water partition coefficient (Wildman–Crippen LogP) is 1.28. The van der Waals surface area contributed by atoms with Crippen molar-refractivity contribution in [3.63, 3.8) is 0 Å². The van der Waals surface area contributed by atoms with E-state index in [-0.39, 0.29) is 36.2 Å². The highest BCUT2D eigenvalue weighted by Crippen LogP contribution is 2.14. The number of benzene rings is 1. The Morgan fingerprint density at radius 3 is 2.50 bits per heavy atom. The number of para-hydroxylation sites is 1. The summed E-state index contributed by atoms with van der Waals surface area (Å²) in [6.07, 6.45) is 1.41. The molecule has 7 heteroatoms. The quantitative estimate of drug-likeness (QED) is 0.615. The van der Waals surface area contributed by atoms with Gasteiger partial charge >= 0.3 is 0 Å². The molecule has 0 radical (unpaired) electrons. The predicted molar refractivity (Wildman–Crippen MR) is 87.9 cm³/mol. The molecule has 0 saturated heterocycles. The van der Waals surface area contributed by atoms with E-state index in [1.165, 1.54) is 12.3 Å². The molecule has 24 heavy (non-hydrogen) atoms. The van der Waals surface area contributed by atoms with E-state index < -0.39 is 0 Å². The number of aromatic nitrogens is 1. The lowest BCUT2D eigenvalue weighted by atomic mass is 10.1. The number of rotatable bonds is 5. The van der Waals surface area contributed by atoms with Gasteiger partial charge in [-0.1, -0.05) is 18.2 Å². The van der Waals surface area contributed by atoms with Crippen LogP contribution >= 0.6 is 0 Å². The maximum absolute atomic E-state index is 12.3. The highest BCUT2D eigenvalue weighted by molar-refractivity contribution is 6.05. The Hall–Kier alpha value is -3.35. The molecule has 0 atom stereocenters. The van der Waals surface area contributed by atoms with Crippen LogP contribution in [0.5, 0.6) is 0 Å². The maximum atomic E-state index is 12.3. The summed E-state index contributed by atoms with van der Waals surface area (Å²) in [4.78, 5) is 38.3. The van der Waals surface area contributed by atoms with Gasteiger partial charge in [-0.05, 0) is 18.2 Å². The van der Waals surface area contributed by atoms with Crippen molar-refractivity contribution in [3.8, 4) is 0 Å². The molecule has 3 N–H and O–H groups in total. The number of carbonyl (C=O) groups is 2. The van der Waals surface area contributed by atoms with Crippen LogP contribution in [0.3, 0.4) is 0 Å². The zero-order valence-corrected chi connectivity index (χ0v) is 12.7. The van der Waals surface area contributed by atoms with E-state index in [9.17, 15) is 14.4 Å². The first-order chi connectivity index (χ1) is 11.6. The fraction of sp³-hybridized carbons (Fsp3) is 0.118. The van der Waals surface area contributed by atoms with E-state index >= 15 is 0 Å². The SMILES string of the molecule is O=C(NCCNC(=O)c1cc(=O)[nH]c2ccccc12)c1ccco1. The standard InChI is InChI=1S/C17H15N3O4/c21-15-10-12(11-4-1-2-5-13(11)20-15)16(22)18-7-8-19-17(23)14-6-3-9-24-14/h1-6,9-10H,7-8H2,(H,18,22)(H,19,23)(H,20,21). The molecule has 3 rings (SSSR count). The number of nitrogens with one attached hydrogen (secondary N) is 3. The van der Waals surface area contributed by atoms with Crippen LogP contribution in [0.15, 0.2) is 57.9 Å². The van der Waals surface area contributed by atoms with Crippen molar-refractivity contribution in [2.24, 2.45) is 0 Å². The molecule has 0 unspecified atom stereocenters. The molecule has 0 spiro atoms. The molecule has 3 aromatic rings. The average Bonchev–Trinajstić information content (AvgIpc) is 3.12. The fourth-order valence-corrected chi connectivity index (χ4v) is 2.33. The molecule has 0 fully saturated rings. The van der Waals surface area contributed by atoms with Gasteiger partial charge in [0.2, 0.25) is 5.56 Å². The van der Waals surface area contributed by atoms with Crippen molar-refractivity contribution in [3.05, 3.63) is 70.4 Å². The zero-order valence-electron chi connectivity index (χ0n) is 12.7. The van der Waals surface area contributed by atoms with Gasteiger partial charge in [0, 0.05) is 30.1 Å². The number of H-pyrrole nitrogens is 1. The van der Waals surface area contributed by atoms with Gasteiger partial charge in [-0.3, -0.25) is 14.4 Å². The Kier molecular flexibility index (Phi) is 4.42. The Bertz CT molecular complexity index is 928. The van der Waals surface area contributed by atoms with Gasteiger partial charge in [0.05, 0.1) is 11.8 Å². The number of carbonyl (C=O) groups excluding carboxylic acids is 2. The lowest BCUT2D eigenvalue weighted by molar-refractivity contribution is 0.0911. The van der Waals surface area contributed by atoms with Crippen LogP contribution in [0.25, 0.3) is 10.9 Å². The minimum absolute atomic E-state index is 0.210. The molecular formula is C17H15N3O4. The molecule has 2 heterocycles. The second-order valence-corrected chi connectivity index (χ2v) is 5.08. The first-order valence-electron chi connectivity index (χ1n) is 7.37. The number of fused-ring (bicyclic) bond motifs is 1. The topological polar surface area (TPSA) is 104 Å². The first kappa shape index (κ1) is 15.5. The van der Waals surface area contributed by atoms with Gasteiger partial charge in [-0.25, -0.2) is 0 Å². The lowest BCUT2D eigenvalue weighted by Crippen LogP contribution is -2.35. The van der Waals surface area contributed by atoms with Gasteiger partial charge in [-0.15, -0.1) is 0 Å². The molecule has 0 aliphatic rings. The Balaban J connectivity index is 1.62. The van der Waals surface area contributed by atoms with Crippen LogP contribution in [0, 0.1) is 0 Å². The number of pyridine rings is 1. The van der Waals surface area contributed by atoms with E-state index in [2.05, 4.69) is 15.6 Å². The van der Waals surface area contributed by atoms with Crippen molar-refractivity contribution in [2.75, 3.05) is 13.1 Å². The third-order valence-corrected chi connectivity index (χ3v) is 3.44. The zero-order chi connectivity index (χ0) is 16.9. The van der Waals surface area contributed by atoms with E-state index in [1.54, 1.807) is 36.4 Å². The summed E-state index contributed by atoms with van der Waals surface area (Å²) in [5.74, 6) is -0.512. The number of aromatic amines is 1. The number of amides is 2. The number of furan rings is 1. The van der Waals surface area contributed by atoms with Crippen LogP contribution in [0.1, 0.15) is 20.9 Å². The molecule has 2 amide bonds. The molecule has 0 bridgehead atoms. The van der Waals surface area contributed by atoms with Crippen molar-refractivity contribution in [1.82, 2.24) is 15.6 Å². The van der Waals surface area contributed by atoms with Crippen molar-refractivity contribution < 1.29 is 14.0 Å². The molecule has 0 aliphatic carbocycles. The maximum Gasteiger partial charge on any atom is 0.287 e. The van der Waals surface area contributed by atoms with Crippen molar-refractivity contribution in [2.45, 2.75) is 0 Å². The Morgan fingerprint density at radius 1 is 1.00 bits per heavy atom. The molecule has 122 valence electrons. The van der Waals surface area contributed by atoms with Crippen LogP contribution in [0.4, 0.5) is 0 Å². The summed E-state index contributed by atoms with van der Waals surface area (Å²) in [7, 11) is 0. The normalized spacial score (nSPS) is 10.5. The molecule has 1 aromatic carbocycles. The monoisotopic (exact) mass is 325 g/mol. The highest BCUT2D eigenvalue weighted by atomic mass is 16.3. The second kappa shape index (κ2) is 6.82.